The monoisotopic (exact) mass is 336 g/mol. The van der Waals surface area contributed by atoms with E-state index in [-0.39, 0.29) is 15.3 Å². The SMILES string of the molecule is NCC1CCN(S(=O)(=O)c2cccc(Br)c2F)C1. The van der Waals surface area contributed by atoms with Gasteiger partial charge < -0.3 is 5.73 Å². The predicted molar refractivity (Wildman–Crippen MR) is 70.0 cm³/mol. The first-order chi connectivity index (χ1) is 8.46. The van der Waals surface area contributed by atoms with E-state index in [1.165, 1.54) is 22.5 Å². The summed E-state index contributed by atoms with van der Waals surface area (Å²) in [7, 11) is -3.76. The van der Waals surface area contributed by atoms with Crippen LogP contribution in [-0.4, -0.2) is 32.4 Å². The third-order valence-electron chi connectivity index (χ3n) is 3.12. The Morgan fingerprint density at radius 3 is 2.83 bits per heavy atom. The molecule has 0 radical (unpaired) electrons. The van der Waals surface area contributed by atoms with E-state index in [0.29, 0.717) is 19.6 Å². The van der Waals surface area contributed by atoms with Crippen molar-refractivity contribution in [1.82, 2.24) is 4.31 Å². The number of hydrogen-bond donors (Lipinski definition) is 1. The first-order valence-electron chi connectivity index (χ1n) is 5.61. The Balaban J connectivity index is 2.35. The molecule has 0 aromatic heterocycles. The fraction of sp³-hybridized carbons (Fsp3) is 0.455. The second-order valence-corrected chi connectivity index (χ2v) is 7.07. The van der Waals surface area contributed by atoms with Gasteiger partial charge in [0, 0.05) is 13.1 Å². The van der Waals surface area contributed by atoms with Gasteiger partial charge in [-0.3, -0.25) is 0 Å². The summed E-state index contributed by atoms with van der Waals surface area (Å²) in [6.45, 7) is 1.22. The average Bonchev–Trinajstić information content (AvgIpc) is 2.81. The number of nitrogens with zero attached hydrogens (tertiary/aromatic N) is 1. The van der Waals surface area contributed by atoms with Crippen LogP contribution in [0.15, 0.2) is 27.6 Å². The standard InChI is InChI=1S/C11H14BrFN2O2S/c12-9-2-1-3-10(11(9)13)18(16,17)15-5-4-8(6-14)7-15/h1-3,8H,4-7,14H2. The number of halogens is 2. The fourth-order valence-electron chi connectivity index (χ4n) is 2.03. The first kappa shape index (κ1) is 13.9. The van der Waals surface area contributed by atoms with Gasteiger partial charge in [-0.1, -0.05) is 6.07 Å². The Morgan fingerprint density at radius 2 is 2.22 bits per heavy atom. The maximum atomic E-state index is 13.9. The molecule has 18 heavy (non-hydrogen) atoms. The van der Waals surface area contributed by atoms with Crippen molar-refractivity contribution >= 4 is 26.0 Å². The number of rotatable bonds is 3. The molecule has 0 aliphatic carbocycles. The van der Waals surface area contributed by atoms with Crippen molar-refractivity contribution < 1.29 is 12.8 Å². The lowest BCUT2D eigenvalue weighted by molar-refractivity contribution is 0.453. The molecule has 1 aliphatic rings. The summed E-state index contributed by atoms with van der Waals surface area (Å²) in [5.41, 5.74) is 5.53. The Morgan fingerprint density at radius 1 is 1.50 bits per heavy atom. The van der Waals surface area contributed by atoms with E-state index in [1.54, 1.807) is 0 Å². The molecule has 1 unspecified atom stereocenters. The largest absolute Gasteiger partial charge is 0.330 e. The van der Waals surface area contributed by atoms with Gasteiger partial charge in [-0.15, -0.1) is 0 Å². The van der Waals surface area contributed by atoms with Crippen LogP contribution < -0.4 is 5.73 Å². The second kappa shape index (κ2) is 5.24. The lowest BCUT2D eigenvalue weighted by atomic mass is 10.1. The average molecular weight is 337 g/mol. The van der Waals surface area contributed by atoms with Crippen LogP contribution in [0.4, 0.5) is 4.39 Å². The minimum Gasteiger partial charge on any atom is -0.330 e. The lowest BCUT2D eigenvalue weighted by Gasteiger charge is -2.17. The molecular weight excluding hydrogens is 323 g/mol. The van der Waals surface area contributed by atoms with E-state index < -0.39 is 15.8 Å². The summed E-state index contributed by atoms with van der Waals surface area (Å²) >= 11 is 2.99. The highest BCUT2D eigenvalue weighted by atomic mass is 79.9. The van der Waals surface area contributed by atoms with E-state index in [2.05, 4.69) is 15.9 Å². The first-order valence-corrected chi connectivity index (χ1v) is 7.84. The quantitative estimate of drug-likeness (QED) is 0.910. The van der Waals surface area contributed by atoms with E-state index in [4.69, 9.17) is 5.73 Å². The van der Waals surface area contributed by atoms with Crippen molar-refractivity contribution in [3.05, 3.63) is 28.5 Å². The third-order valence-corrected chi connectivity index (χ3v) is 5.61. The topological polar surface area (TPSA) is 63.4 Å². The number of benzene rings is 1. The predicted octanol–water partition coefficient (Wildman–Crippen LogP) is 1.56. The Labute approximate surface area is 114 Å². The maximum Gasteiger partial charge on any atom is 0.246 e. The fourth-order valence-corrected chi connectivity index (χ4v) is 4.15. The van der Waals surface area contributed by atoms with Crippen LogP contribution in [0.2, 0.25) is 0 Å². The zero-order valence-electron chi connectivity index (χ0n) is 9.64. The zero-order valence-corrected chi connectivity index (χ0v) is 12.0. The molecule has 0 bridgehead atoms. The molecular formula is C11H14BrFN2O2S. The smallest absolute Gasteiger partial charge is 0.246 e. The molecule has 1 atom stereocenters. The third kappa shape index (κ3) is 2.45. The van der Waals surface area contributed by atoms with Crippen LogP contribution in [-0.2, 0) is 10.0 Å². The summed E-state index contributed by atoms with van der Waals surface area (Å²) in [6, 6.07) is 4.27. The van der Waals surface area contributed by atoms with Gasteiger partial charge in [0.1, 0.15) is 4.90 Å². The van der Waals surface area contributed by atoms with Crippen molar-refractivity contribution in [3.8, 4) is 0 Å². The molecule has 0 spiro atoms. The molecule has 100 valence electrons. The van der Waals surface area contributed by atoms with Gasteiger partial charge in [-0.05, 0) is 46.9 Å². The van der Waals surface area contributed by atoms with Gasteiger partial charge in [0.2, 0.25) is 10.0 Å². The van der Waals surface area contributed by atoms with Crippen LogP contribution in [0.25, 0.3) is 0 Å². The van der Waals surface area contributed by atoms with Crippen molar-refractivity contribution in [1.29, 1.82) is 0 Å². The Bertz CT molecular complexity index is 550. The number of sulfonamides is 1. The summed E-state index contributed by atoms with van der Waals surface area (Å²) in [4.78, 5) is -0.283. The lowest BCUT2D eigenvalue weighted by Crippen LogP contribution is -2.30. The highest BCUT2D eigenvalue weighted by Gasteiger charge is 2.33. The molecule has 2 N–H and O–H groups in total. The summed E-state index contributed by atoms with van der Waals surface area (Å²) in [5, 5.41) is 0. The van der Waals surface area contributed by atoms with Crippen LogP contribution in [0, 0.1) is 11.7 Å². The molecule has 1 aromatic carbocycles. The van der Waals surface area contributed by atoms with Gasteiger partial charge >= 0.3 is 0 Å². The summed E-state index contributed by atoms with van der Waals surface area (Å²) in [5.74, 6) is -0.580. The van der Waals surface area contributed by atoms with E-state index in [0.717, 1.165) is 6.42 Å². The molecule has 7 heteroatoms. The van der Waals surface area contributed by atoms with E-state index >= 15 is 0 Å². The molecule has 0 saturated carbocycles. The summed E-state index contributed by atoms with van der Waals surface area (Å²) < 4.78 is 39.9. The molecule has 2 rings (SSSR count). The Kier molecular flexibility index (Phi) is 4.05. The van der Waals surface area contributed by atoms with Crippen molar-refractivity contribution in [2.75, 3.05) is 19.6 Å². The second-order valence-electron chi connectivity index (χ2n) is 4.31. The van der Waals surface area contributed by atoms with Crippen molar-refractivity contribution in [2.24, 2.45) is 11.7 Å². The normalized spacial score (nSPS) is 21.4. The minimum absolute atomic E-state index is 0.151. The van der Waals surface area contributed by atoms with Crippen molar-refractivity contribution in [2.45, 2.75) is 11.3 Å². The maximum absolute atomic E-state index is 13.9. The van der Waals surface area contributed by atoms with Gasteiger partial charge in [0.15, 0.2) is 5.82 Å². The highest BCUT2D eigenvalue weighted by Crippen LogP contribution is 2.28. The highest BCUT2D eigenvalue weighted by molar-refractivity contribution is 9.10. The molecule has 1 fully saturated rings. The molecule has 1 heterocycles. The van der Waals surface area contributed by atoms with Gasteiger partial charge in [-0.25, -0.2) is 12.8 Å². The molecule has 1 aromatic rings. The zero-order chi connectivity index (χ0) is 13.3. The number of hydrogen-bond acceptors (Lipinski definition) is 3. The van der Waals surface area contributed by atoms with E-state index in [9.17, 15) is 12.8 Å². The molecule has 0 amide bonds. The van der Waals surface area contributed by atoms with Crippen LogP contribution >= 0.6 is 15.9 Å². The molecule has 4 nitrogen and oxygen atoms in total. The minimum atomic E-state index is -3.76. The van der Waals surface area contributed by atoms with Crippen LogP contribution in [0.1, 0.15) is 6.42 Å². The van der Waals surface area contributed by atoms with Crippen LogP contribution in [0.3, 0.4) is 0 Å². The van der Waals surface area contributed by atoms with Crippen molar-refractivity contribution in [3.63, 3.8) is 0 Å². The Hall–Kier alpha value is -0.500. The van der Waals surface area contributed by atoms with Gasteiger partial charge in [0.25, 0.3) is 0 Å². The molecule has 1 saturated heterocycles. The number of nitrogens with two attached hydrogens (primary N) is 1. The van der Waals surface area contributed by atoms with Gasteiger partial charge in [-0.2, -0.15) is 4.31 Å². The van der Waals surface area contributed by atoms with E-state index in [1.807, 2.05) is 0 Å². The van der Waals surface area contributed by atoms with Crippen LogP contribution in [0.5, 0.6) is 0 Å². The van der Waals surface area contributed by atoms with Gasteiger partial charge in [0.05, 0.1) is 4.47 Å². The molecule has 1 aliphatic heterocycles. The summed E-state index contributed by atoms with van der Waals surface area (Å²) in [6.07, 6.45) is 0.728.